The standard InChI is InChI=1S/C17H17N5O4/c23-14-7-18-16(25)13-8-21(5-6-22(13)14)15(24)9-26-17-11-3-1-2-4-12(11)19-10-20-17/h1-4,10,13H,5-9H2,(H,18,25)/t13-/m0/s1. The van der Waals surface area contributed by atoms with Gasteiger partial charge in [0.25, 0.3) is 5.91 Å². The summed E-state index contributed by atoms with van der Waals surface area (Å²) < 4.78 is 5.59. The lowest BCUT2D eigenvalue weighted by Gasteiger charge is -2.42. The summed E-state index contributed by atoms with van der Waals surface area (Å²) in [7, 11) is 0. The molecule has 3 amide bonds. The zero-order valence-electron chi connectivity index (χ0n) is 13.9. The Hall–Kier alpha value is -3.23. The molecule has 1 N–H and O–H groups in total. The van der Waals surface area contributed by atoms with Crippen molar-refractivity contribution in [3.63, 3.8) is 0 Å². The smallest absolute Gasteiger partial charge is 0.260 e. The second-order valence-electron chi connectivity index (χ2n) is 6.15. The van der Waals surface area contributed by atoms with E-state index in [9.17, 15) is 14.4 Å². The molecule has 2 fully saturated rings. The molecule has 1 atom stereocenters. The number of rotatable bonds is 3. The SMILES string of the molecule is O=C1NCC(=O)N2CCN(C(=O)COc3ncnc4ccccc34)C[C@@H]12. The Morgan fingerprint density at radius 3 is 2.96 bits per heavy atom. The zero-order chi connectivity index (χ0) is 18.1. The predicted molar refractivity (Wildman–Crippen MR) is 90.1 cm³/mol. The number of nitrogens with one attached hydrogen (secondary N) is 1. The largest absolute Gasteiger partial charge is 0.467 e. The van der Waals surface area contributed by atoms with Crippen molar-refractivity contribution in [2.75, 3.05) is 32.8 Å². The number of hydrogen-bond donors (Lipinski definition) is 1. The Bertz CT molecular complexity index is 881. The van der Waals surface area contributed by atoms with E-state index < -0.39 is 6.04 Å². The number of nitrogens with zero attached hydrogens (tertiary/aromatic N) is 4. The number of benzene rings is 1. The van der Waals surface area contributed by atoms with Crippen molar-refractivity contribution in [3.8, 4) is 5.88 Å². The third-order valence-corrected chi connectivity index (χ3v) is 4.61. The summed E-state index contributed by atoms with van der Waals surface area (Å²) in [4.78, 5) is 47.6. The molecule has 0 unspecified atom stereocenters. The summed E-state index contributed by atoms with van der Waals surface area (Å²) in [5.41, 5.74) is 0.732. The molecule has 3 heterocycles. The van der Waals surface area contributed by atoms with Gasteiger partial charge in [0.1, 0.15) is 12.4 Å². The predicted octanol–water partition coefficient (Wildman–Crippen LogP) is -0.822. The minimum Gasteiger partial charge on any atom is -0.467 e. The van der Waals surface area contributed by atoms with Gasteiger partial charge in [0.05, 0.1) is 24.0 Å². The fourth-order valence-electron chi connectivity index (χ4n) is 3.23. The Morgan fingerprint density at radius 2 is 2.08 bits per heavy atom. The van der Waals surface area contributed by atoms with Gasteiger partial charge in [-0.3, -0.25) is 14.4 Å². The van der Waals surface area contributed by atoms with Crippen LogP contribution in [0.1, 0.15) is 0 Å². The van der Waals surface area contributed by atoms with Crippen LogP contribution in [-0.4, -0.2) is 76.3 Å². The highest BCUT2D eigenvalue weighted by Gasteiger charge is 2.39. The Balaban J connectivity index is 1.42. The van der Waals surface area contributed by atoms with Gasteiger partial charge < -0.3 is 19.9 Å². The van der Waals surface area contributed by atoms with Crippen LogP contribution in [0.25, 0.3) is 10.9 Å². The molecule has 2 saturated heterocycles. The average molecular weight is 355 g/mol. The fraction of sp³-hybridized carbons (Fsp3) is 0.353. The van der Waals surface area contributed by atoms with Crippen LogP contribution >= 0.6 is 0 Å². The highest BCUT2D eigenvalue weighted by Crippen LogP contribution is 2.21. The quantitative estimate of drug-likeness (QED) is 0.771. The first-order valence-electron chi connectivity index (χ1n) is 8.31. The lowest BCUT2D eigenvalue weighted by molar-refractivity contribution is -0.153. The van der Waals surface area contributed by atoms with Crippen molar-refractivity contribution in [2.24, 2.45) is 0 Å². The summed E-state index contributed by atoms with van der Waals surface area (Å²) in [5.74, 6) is -0.262. The van der Waals surface area contributed by atoms with E-state index >= 15 is 0 Å². The first kappa shape index (κ1) is 16.2. The number of ether oxygens (including phenoxy) is 1. The molecule has 0 radical (unpaired) electrons. The summed E-state index contributed by atoms with van der Waals surface area (Å²) in [6, 6.07) is 6.74. The van der Waals surface area contributed by atoms with Crippen LogP contribution in [0.2, 0.25) is 0 Å². The highest BCUT2D eigenvalue weighted by molar-refractivity contribution is 5.95. The first-order valence-corrected chi connectivity index (χ1v) is 8.31. The minimum atomic E-state index is -0.631. The van der Waals surface area contributed by atoms with Crippen LogP contribution in [0.4, 0.5) is 0 Å². The van der Waals surface area contributed by atoms with Crippen LogP contribution in [-0.2, 0) is 14.4 Å². The van der Waals surface area contributed by atoms with E-state index in [0.29, 0.717) is 19.0 Å². The third kappa shape index (κ3) is 2.92. The monoisotopic (exact) mass is 355 g/mol. The molecule has 1 aromatic heterocycles. The number of hydrogen-bond acceptors (Lipinski definition) is 6. The van der Waals surface area contributed by atoms with E-state index in [1.54, 1.807) is 4.90 Å². The Labute approximate surface area is 148 Å². The molecule has 2 aromatic rings. The molecule has 2 aliphatic heterocycles. The lowest BCUT2D eigenvalue weighted by atomic mass is 10.1. The lowest BCUT2D eigenvalue weighted by Crippen LogP contribution is -2.66. The van der Waals surface area contributed by atoms with E-state index in [1.807, 2.05) is 24.3 Å². The number of carbonyl (C=O) groups is 3. The summed E-state index contributed by atoms with van der Waals surface area (Å²) in [5, 5.41) is 3.28. The number of carbonyl (C=O) groups excluding carboxylic acids is 3. The maximum atomic E-state index is 12.5. The van der Waals surface area contributed by atoms with Crippen LogP contribution in [0.3, 0.4) is 0 Å². The third-order valence-electron chi connectivity index (χ3n) is 4.61. The van der Waals surface area contributed by atoms with Crippen molar-refractivity contribution in [1.29, 1.82) is 0 Å². The van der Waals surface area contributed by atoms with Crippen LogP contribution in [0, 0.1) is 0 Å². The second kappa shape index (κ2) is 6.58. The molecule has 0 bridgehead atoms. The van der Waals surface area contributed by atoms with E-state index in [-0.39, 0.29) is 37.4 Å². The van der Waals surface area contributed by atoms with Crippen LogP contribution < -0.4 is 10.1 Å². The van der Waals surface area contributed by atoms with Crippen molar-refractivity contribution in [3.05, 3.63) is 30.6 Å². The van der Waals surface area contributed by atoms with Crippen molar-refractivity contribution in [1.82, 2.24) is 25.1 Å². The first-order chi connectivity index (χ1) is 12.6. The number of aromatic nitrogens is 2. The number of piperazine rings is 2. The second-order valence-corrected chi connectivity index (χ2v) is 6.15. The molecule has 0 saturated carbocycles. The molecule has 134 valence electrons. The number of fused-ring (bicyclic) bond motifs is 2. The summed E-state index contributed by atoms with van der Waals surface area (Å²) in [6.45, 7) is 0.724. The topological polar surface area (TPSA) is 105 Å². The van der Waals surface area contributed by atoms with Crippen molar-refractivity contribution >= 4 is 28.6 Å². The van der Waals surface area contributed by atoms with Gasteiger partial charge in [-0.05, 0) is 12.1 Å². The molecule has 4 rings (SSSR count). The molecule has 9 nitrogen and oxygen atoms in total. The molecule has 9 heteroatoms. The van der Waals surface area contributed by atoms with Gasteiger partial charge in [0, 0.05) is 13.1 Å². The molecule has 2 aliphatic rings. The molecular weight excluding hydrogens is 338 g/mol. The Kier molecular flexibility index (Phi) is 4.11. The van der Waals surface area contributed by atoms with Crippen molar-refractivity contribution in [2.45, 2.75) is 6.04 Å². The molecule has 0 spiro atoms. The minimum absolute atomic E-state index is 0.0210. The van der Waals surface area contributed by atoms with E-state index in [1.165, 1.54) is 11.2 Å². The summed E-state index contributed by atoms with van der Waals surface area (Å²) >= 11 is 0. The van der Waals surface area contributed by atoms with Gasteiger partial charge in [-0.1, -0.05) is 12.1 Å². The fourth-order valence-corrected chi connectivity index (χ4v) is 3.23. The van der Waals surface area contributed by atoms with Gasteiger partial charge in [-0.2, -0.15) is 0 Å². The Morgan fingerprint density at radius 1 is 1.23 bits per heavy atom. The van der Waals surface area contributed by atoms with Gasteiger partial charge in [-0.15, -0.1) is 0 Å². The maximum absolute atomic E-state index is 12.5. The molecule has 1 aromatic carbocycles. The highest BCUT2D eigenvalue weighted by atomic mass is 16.5. The normalized spacial score (nSPS) is 19.9. The summed E-state index contributed by atoms with van der Waals surface area (Å²) in [6.07, 6.45) is 1.39. The van der Waals surface area contributed by atoms with Crippen molar-refractivity contribution < 1.29 is 19.1 Å². The van der Waals surface area contributed by atoms with E-state index in [0.717, 1.165) is 10.9 Å². The van der Waals surface area contributed by atoms with Crippen LogP contribution in [0.5, 0.6) is 5.88 Å². The van der Waals surface area contributed by atoms with Gasteiger partial charge in [-0.25, -0.2) is 9.97 Å². The molecule has 26 heavy (non-hydrogen) atoms. The van der Waals surface area contributed by atoms with Gasteiger partial charge in [0.2, 0.25) is 17.7 Å². The van der Waals surface area contributed by atoms with Gasteiger partial charge in [0.15, 0.2) is 6.61 Å². The molecular formula is C17H17N5O4. The number of para-hydroxylation sites is 1. The van der Waals surface area contributed by atoms with Crippen LogP contribution in [0.15, 0.2) is 30.6 Å². The van der Waals surface area contributed by atoms with Gasteiger partial charge >= 0.3 is 0 Å². The molecule has 0 aliphatic carbocycles. The van der Waals surface area contributed by atoms with E-state index in [2.05, 4.69) is 15.3 Å². The maximum Gasteiger partial charge on any atom is 0.260 e. The van der Waals surface area contributed by atoms with E-state index in [4.69, 9.17) is 4.74 Å². The number of amides is 3. The average Bonchev–Trinajstić information content (AvgIpc) is 2.68. The zero-order valence-corrected chi connectivity index (χ0v) is 13.9.